The van der Waals surface area contributed by atoms with Gasteiger partial charge in [0.2, 0.25) is 5.91 Å². The number of amides is 1. The van der Waals surface area contributed by atoms with Gasteiger partial charge in [0, 0.05) is 24.9 Å². The molecular formula is C20H26N2O4. The first-order chi connectivity index (χ1) is 12.5. The van der Waals surface area contributed by atoms with Crippen molar-refractivity contribution in [3.8, 4) is 11.3 Å². The number of hydrogen-bond donors (Lipinski definition) is 2. The third-order valence-corrected chi connectivity index (χ3v) is 4.06. The summed E-state index contributed by atoms with van der Waals surface area (Å²) >= 11 is 0. The molecule has 1 heterocycles. The van der Waals surface area contributed by atoms with Crippen molar-refractivity contribution < 1.29 is 19.1 Å². The van der Waals surface area contributed by atoms with Gasteiger partial charge in [-0.15, -0.1) is 0 Å². The second-order valence-electron chi connectivity index (χ2n) is 6.81. The first kappa shape index (κ1) is 19.7. The standard InChI is InChI=1S/C20H26N2O4/c1-14(2)11-16(20(24)25)12-21-18(23)9-6-10-19-22-13-17(26-19)15-7-4-3-5-8-15/h3-5,7-8,13-14,16H,6,9-12H2,1-2H3,(H,21,23)(H,24,25). The Balaban J connectivity index is 1.73. The van der Waals surface area contributed by atoms with Gasteiger partial charge in [-0.2, -0.15) is 0 Å². The summed E-state index contributed by atoms with van der Waals surface area (Å²) in [7, 11) is 0. The lowest BCUT2D eigenvalue weighted by Crippen LogP contribution is -2.33. The minimum absolute atomic E-state index is 0.144. The van der Waals surface area contributed by atoms with Crippen LogP contribution >= 0.6 is 0 Å². The third kappa shape index (κ3) is 6.35. The zero-order chi connectivity index (χ0) is 18.9. The maximum absolute atomic E-state index is 11.9. The number of oxazole rings is 1. The summed E-state index contributed by atoms with van der Waals surface area (Å²) in [6, 6.07) is 9.72. The lowest BCUT2D eigenvalue weighted by Gasteiger charge is -2.15. The number of carbonyl (C=O) groups excluding carboxylic acids is 1. The van der Waals surface area contributed by atoms with Crippen LogP contribution in [0.15, 0.2) is 40.9 Å². The molecule has 2 rings (SSSR count). The van der Waals surface area contributed by atoms with Crippen molar-refractivity contribution in [3.05, 3.63) is 42.4 Å². The Hall–Kier alpha value is -2.63. The van der Waals surface area contributed by atoms with Crippen molar-refractivity contribution in [1.82, 2.24) is 10.3 Å². The van der Waals surface area contributed by atoms with Crippen LogP contribution in [0.2, 0.25) is 0 Å². The van der Waals surface area contributed by atoms with Gasteiger partial charge in [0.25, 0.3) is 0 Å². The Morgan fingerprint density at radius 2 is 1.96 bits per heavy atom. The van der Waals surface area contributed by atoms with Crippen LogP contribution in [-0.2, 0) is 16.0 Å². The first-order valence-corrected chi connectivity index (χ1v) is 8.95. The molecule has 1 aromatic carbocycles. The van der Waals surface area contributed by atoms with Crippen LogP contribution in [0.25, 0.3) is 11.3 Å². The van der Waals surface area contributed by atoms with Gasteiger partial charge in [0.05, 0.1) is 12.1 Å². The SMILES string of the molecule is CC(C)CC(CNC(=O)CCCc1ncc(-c2ccccc2)o1)C(=O)O. The highest BCUT2D eigenvalue weighted by atomic mass is 16.4. The topological polar surface area (TPSA) is 92.4 Å². The number of carbonyl (C=O) groups is 2. The summed E-state index contributed by atoms with van der Waals surface area (Å²) in [6.07, 6.45) is 3.72. The highest BCUT2D eigenvalue weighted by Crippen LogP contribution is 2.20. The lowest BCUT2D eigenvalue weighted by atomic mass is 9.97. The van der Waals surface area contributed by atoms with E-state index in [0.717, 1.165) is 5.56 Å². The molecule has 6 heteroatoms. The molecule has 1 unspecified atom stereocenters. The minimum Gasteiger partial charge on any atom is -0.481 e. The highest BCUT2D eigenvalue weighted by molar-refractivity contribution is 5.77. The number of benzene rings is 1. The molecule has 0 saturated carbocycles. The number of nitrogens with zero attached hydrogens (tertiary/aromatic N) is 1. The van der Waals surface area contributed by atoms with Gasteiger partial charge < -0.3 is 14.8 Å². The van der Waals surface area contributed by atoms with E-state index in [-0.39, 0.29) is 18.4 Å². The van der Waals surface area contributed by atoms with E-state index in [1.807, 2.05) is 44.2 Å². The molecule has 1 amide bonds. The van der Waals surface area contributed by atoms with E-state index < -0.39 is 11.9 Å². The van der Waals surface area contributed by atoms with Crippen LogP contribution in [-0.4, -0.2) is 28.5 Å². The van der Waals surface area contributed by atoms with Crippen LogP contribution in [0, 0.1) is 11.8 Å². The summed E-state index contributed by atoms with van der Waals surface area (Å²) < 4.78 is 5.70. The normalized spacial score (nSPS) is 12.1. The summed E-state index contributed by atoms with van der Waals surface area (Å²) in [5, 5.41) is 11.9. The molecule has 0 aliphatic rings. The average molecular weight is 358 g/mol. The van der Waals surface area contributed by atoms with E-state index in [0.29, 0.717) is 37.3 Å². The molecule has 1 atom stereocenters. The molecule has 0 bridgehead atoms. The summed E-state index contributed by atoms with van der Waals surface area (Å²) in [4.78, 5) is 27.4. The van der Waals surface area contributed by atoms with Crippen molar-refractivity contribution in [3.63, 3.8) is 0 Å². The molecular weight excluding hydrogens is 332 g/mol. The number of aryl methyl sites for hydroxylation is 1. The molecule has 0 aliphatic carbocycles. The fraction of sp³-hybridized carbons (Fsp3) is 0.450. The van der Waals surface area contributed by atoms with Gasteiger partial charge in [-0.05, 0) is 18.8 Å². The van der Waals surface area contributed by atoms with Crippen LogP contribution in [0.3, 0.4) is 0 Å². The predicted octanol–water partition coefficient (Wildman–Crippen LogP) is 3.53. The molecule has 2 N–H and O–H groups in total. The third-order valence-electron chi connectivity index (χ3n) is 4.06. The Morgan fingerprint density at radius 3 is 2.62 bits per heavy atom. The fourth-order valence-electron chi connectivity index (χ4n) is 2.73. The maximum Gasteiger partial charge on any atom is 0.308 e. The van der Waals surface area contributed by atoms with Crippen molar-refractivity contribution in [2.24, 2.45) is 11.8 Å². The molecule has 6 nitrogen and oxygen atoms in total. The molecule has 2 aromatic rings. The summed E-state index contributed by atoms with van der Waals surface area (Å²) in [6.45, 7) is 4.11. The monoisotopic (exact) mass is 358 g/mol. The largest absolute Gasteiger partial charge is 0.481 e. The molecule has 26 heavy (non-hydrogen) atoms. The van der Waals surface area contributed by atoms with Crippen molar-refractivity contribution >= 4 is 11.9 Å². The number of nitrogens with one attached hydrogen (secondary N) is 1. The van der Waals surface area contributed by atoms with E-state index in [2.05, 4.69) is 10.3 Å². The molecule has 0 aliphatic heterocycles. The predicted molar refractivity (Wildman–Crippen MR) is 98.5 cm³/mol. The van der Waals surface area contributed by atoms with Gasteiger partial charge in [-0.1, -0.05) is 44.2 Å². The molecule has 0 fully saturated rings. The van der Waals surface area contributed by atoms with Gasteiger partial charge >= 0.3 is 5.97 Å². The van der Waals surface area contributed by atoms with Crippen LogP contribution < -0.4 is 5.32 Å². The number of carboxylic acids is 1. The zero-order valence-corrected chi connectivity index (χ0v) is 15.3. The van der Waals surface area contributed by atoms with Crippen LogP contribution in [0.4, 0.5) is 0 Å². The Bertz CT molecular complexity index is 710. The van der Waals surface area contributed by atoms with Crippen LogP contribution in [0.1, 0.15) is 39.0 Å². The highest BCUT2D eigenvalue weighted by Gasteiger charge is 2.19. The second-order valence-corrected chi connectivity index (χ2v) is 6.81. The van der Waals surface area contributed by atoms with Crippen molar-refractivity contribution in [1.29, 1.82) is 0 Å². The number of carboxylic acid groups (broad SMARTS) is 1. The van der Waals surface area contributed by atoms with Crippen LogP contribution in [0.5, 0.6) is 0 Å². The fourth-order valence-corrected chi connectivity index (χ4v) is 2.73. The Labute approximate surface area is 153 Å². The smallest absolute Gasteiger partial charge is 0.308 e. The number of hydrogen-bond acceptors (Lipinski definition) is 4. The minimum atomic E-state index is -0.868. The first-order valence-electron chi connectivity index (χ1n) is 8.95. The van der Waals surface area contributed by atoms with Crippen molar-refractivity contribution in [2.75, 3.05) is 6.54 Å². The number of aliphatic carboxylic acids is 1. The van der Waals surface area contributed by atoms with E-state index >= 15 is 0 Å². The quantitative estimate of drug-likeness (QED) is 0.678. The van der Waals surface area contributed by atoms with Gasteiger partial charge in [-0.3, -0.25) is 9.59 Å². The average Bonchev–Trinajstić information content (AvgIpc) is 3.08. The van der Waals surface area contributed by atoms with Gasteiger partial charge in [0.15, 0.2) is 11.7 Å². The number of rotatable bonds is 10. The molecule has 0 radical (unpaired) electrons. The van der Waals surface area contributed by atoms with E-state index in [1.165, 1.54) is 0 Å². The summed E-state index contributed by atoms with van der Waals surface area (Å²) in [5.41, 5.74) is 0.967. The zero-order valence-electron chi connectivity index (χ0n) is 15.3. The molecule has 1 aromatic heterocycles. The molecule has 140 valence electrons. The maximum atomic E-state index is 11.9. The van der Waals surface area contributed by atoms with Crippen molar-refractivity contribution in [2.45, 2.75) is 39.5 Å². The molecule has 0 spiro atoms. The van der Waals surface area contributed by atoms with Gasteiger partial charge in [0.1, 0.15) is 0 Å². The van der Waals surface area contributed by atoms with E-state index in [9.17, 15) is 14.7 Å². The Kier molecular flexibility index (Phi) is 7.38. The molecule has 0 saturated heterocycles. The Morgan fingerprint density at radius 1 is 1.23 bits per heavy atom. The van der Waals surface area contributed by atoms with E-state index in [1.54, 1.807) is 6.20 Å². The second kappa shape index (κ2) is 9.75. The van der Waals surface area contributed by atoms with E-state index in [4.69, 9.17) is 4.42 Å². The number of aromatic nitrogens is 1. The lowest BCUT2D eigenvalue weighted by molar-refractivity contribution is -0.142. The summed E-state index contributed by atoms with van der Waals surface area (Å²) in [5.74, 6) is 0.0287. The van der Waals surface area contributed by atoms with Gasteiger partial charge in [-0.25, -0.2) is 4.98 Å².